The van der Waals surface area contributed by atoms with Gasteiger partial charge in [0, 0.05) is 11.5 Å². The number of hydrogen-bond donors (Lipinski definition) is 3. The summed E-state index contributed by atoms with van der Waals surface area (Å²) in [5.74, 6) is -0.460. The minimum absolute atomic E-state index is 0.0578. The zero-order valence-electron chi connectivity index (χ0n) is 13.6. The second-order valence-electron chi connectivity index (χ2n) is 6.15. The van der Waals surface area contributed by atoms with Crippen molar-refractivity contribution in [2.24, 2.45) is 0 Å². The summed E-state index contributed by atoms with van der Waals surface area (Å²) in [4.78, 5) is 12.2. The molecule has 3 rings (SSSR count). The molecule has 2 aromatic carbocycles. The molecule has 1 aliphatic rings. The van der Waals surface area contributed by atoms with E-state index in [1.54, 1.807) is 6.07 Å². The van der Waals surface area contributed by atoms with Gasteiger partial charge in [-0.2, -0.15) is 0 Å². The van der Waals surface area contributed by atoms with Gasteiger partial charge in [0.05, 0.1) is 24.0 Å². The van der Waals surface area contributed by atoms with Crippen molar-refractivity contribution in [2.45, 2.75) is 24.7 Å². The van der Waals surface area contributed by atoms with E-state index in [-0.39, 0.29) is 18.2 Å². The van der Waals surface area contributed by atoms with Crippen LogP contribution in [0.1, 0.15) is 23.5 Å². The number of nitrogens with one attached hydrogen (secondary N) is 1. The first kappa shape index (κ1) is 17.8. The summed E-state index contributed by atoms with van der Waals surface area (Å²) in [5, 5.41) is 22.6. The maximum atomic E-state index is 12.2. The van der Waals surface area contributed by atoms with Gasteiger partial charge in [-0.3, -0.25) is 4.79 Å². The molecular weight excluding hydrogens is 340 g/mol. The van der Waals surface area contributed by atoms with Crippen molar-refractivity contribution >= 4 is 24.6 Å². The van der Waals surface area contributed by atoms with Gasteiger partial charge in [-0.15, -0.1) is 0 Å². The van der Waals surface area contributed by atoms with Crippen LogP contribution in [0.2, 0.25) is 5.02 Å². The Balaban J connectivity index is 1.65. The predicted octanol–water partition coefficient (Wildman–Crippen LogP) is 1.95. The van der Waals surface area contributed by atoms with Crippen LogP contribution in [0.5, 0.6) is 5.75 Å². The van der Waals surface area contributed by atoms with E-state index in [9.17, 15) is 14.8 Å². The number of halogens is 1. The van der Waals surface area contributed by atoms with E-state index >= 15 is 0 Å². The predicted molar refractivity (Wildman–Crippen MR) is 96.6 cm³/mol. The van der Waals surface area contributed by atoms with E-state index in [1.807, 2.05) is 42.5 Å². The Kier molecular flexibility index (Phi) is 5.63. The number of amides is 1. The lowest BCUT2D eigenvalue weighted by atomic mass is 9.73. The van der Waals surface area contributed by atoms with Crippen LogP contribution in [0, 0.1) is 0 Å². The number of benzene rings is 2. The maximum Gasteiger partial charge on any atom is 0.475 e. The van der Waals surface area contributed by atoms with Crippen molar-refractivity contribution in [1.29, 1.82) is 0 Å². The third-order valence-electron chi connectivity index (χ3n) is 4.32. The van der Waals surface area contributed by atoms with Gasteiger partial charge in [0.15, 0.2) is 0 Å². The molecule has 5 nitrogen and oxygen atoms in total. The first-order valence-corrected chi connectivity index (χ1v) is 8.53. The normalized spacial score (nSPS) is 16.7. The summed E-state index contributed by atoms with van der Waals surface area (Å²) in [6.07, 6.45) is 0.541. The van der Waals surface area contributed by atoms with E-state index < -0.39 is 13.1 Å². The Morgan fingerprint density at radius 2 is 2.00 bits per heavy atom. The van der Waals surface area contributed by atoms with Gasteiger partial charge >= 0.3 is 7.12 Å². The van der Waals surface area contributed by atoms with Crippen LogP contribution in [0.3, 0.4) is 0 Å². The lowest BCUT2D eigenvalue weighted by Crippen LogP contribution is -2.47. The minimum atomic E-state index is -1.65. The zero-order valence-corrected chi connectivity index (χ0v) is 14.3. The van der Waals surface area contributed by atoms with Gasteiger partial charge in [0.25, 0.3) is 0 Å². The van der Waals surface area contributed by atoms with Gasteiger partial charge < -0.3 is 20.1 Å². The van der Waals surface area contributed by atoms with Crippen molar-refractivity contribution in [2.75, 3.05) is 6.61 Å². The van der Waals surface area contributed by atoms with Crippen molar-refractivity contribution in [3.63, 3.8) is 0 Å². The molecule has 25 heavy (non-hydrogen) atoms. The number of fused-ring (bicyclic) bond motifs is 1. The number of carbonyl (C=O) groups is 1. The molecule has 1 heterocycles. The first-order valence-electron chi connectivity index (χ1n) is 8.15. The van der Waals surface area contributed by atoms with E-state index in [2.05, 4.69) is 5.32 Å². The van der Waals surface area contributed by atoms with Crippen molar-refractivity contribution in [3.05, 3.63) is 64.7 Å². The van der Waals surface area contributed by atoms with Crippen molar-refractivity contribution in [1.82, 2.24) is 5.32 Å². The molecule has 0 radical (unpaired) electrons. The summed E-state index contributed by atoms with van der Waals surface area (Å²) in [5.41, 5.74) is 1.79. The average molecular weight is 360 g/mol. The number of rotatable bonds is 6. The average Bonchev–Trinajstić information content (AvgIpc) is 2.99. The molecule has 0 saturated carbocycles. The fraction of sp³-hybridized carbons (Fsp3) is 0.278. The molecule has 1 unspecified atom stereocenters. The minimum Gasteiger partial charge on any atom is -0.491 e. The lowest BCUT2D eigenvalue weighted by molar-refractivity contribution is -0.120. The molecule has 130 valence electrons. The number of para-hydroxylation sites is 1. The van der Waals surface area contributed by atoms with Crippen LogP contribution in [0.15, 0.2) is 48.5 Å². The number of carbonyl (C=O) groups excluding carboxylic acids is 1. The smallest absolute Gasteiger partial charge is 0.475 e. The quantitative estimate of drug-likeness (QED) is 0.689. The van der Waals surface area contributed by atoms with E-state index in [0.717, 1.165) is 11.1 Å². The standard InChI is InChI=1S/C18H19BClNO4/c20-15-8-4-7-14-13(11-25-18(14)15)10-16(19(23)24)21-17(22)9-12-5-2-1-3-6-12/h1-8,13,16,23-24H,9-11H2,(H,21,22)/t13-,16?/m1/s1. The highest BCUT2D eigenvalue weighted by Gasteiger charge is 2.33. The Morgan fingerprint density at radius 3 is 2.72 bits per heavy atom. The fourth-order valence-corrected chi connectivity index (χ4v) is 3.31. The van der Waals surface area contributed by atoms with Gasteiger partial charge in [0.1, 0.15) is 5.75 Å². The third-order valence-corrected chi connectivity index (χ3v) is 4.62. The highest BCUT2D eigenvalue weighted by Crippen LogP contribution is 2.41. The molecule has 0 spiro atoms. The van der Waals surface area contributed by atoms with Crippen LogP contribution in [-0.4, -0.2) is 35.6 Å². The number of ether oxygens (including phenoxy) is 1. The van der Waals surface area contributed by atoms with Gasteiger partial charge in [0.2, 0.25) is 5.91 Å². The summed E-state index contributed by atoms with van der Waals surface area (Å²) in [6, 6.07) is 14.8. The molecular formula is C18H19BClNO4. The van der Waals surface area contributed by atoms with Crippen LogP contribution in [-0.2, 0) is 11.2 Å². The topological polar surface area (TPSA) is 78.8 Å². The van der Waals surface area contributed by atoms with E-state index in [0.29, 0.717) is 23.8 Å². The molecule has 0 saturated heterocycles. The molecule has 0 fully saturated rings. The molecule has 7 heteroatoms. The summed E-state index contributed by atoms with van der Waals surface area (Å²) in [6.45, 7) is 0.400. The number of hydrogen-bond acceptors (Lipinski definition) is 4. The SMILES string of the molecule is O=C(Cc1ccccc1)NC(C[C@@H]1COc2c(Cl)cccc21)B(O)O. The van der Waals surface area contributed by atoms with Gasteiger partial charge in [-0.1, -0.05) is 54.1 Å². The van der Waals surface area contributed by atoms with E-state index in [4.69, 9.17) is 16.3 Å². The van der Waals surface area contributed by atoms with Crippen LogP contribution in [0.25, 0.3) is 0 Å². The summed E-state index contributed by atoms with van der Waals surface area (Å²) in [7, 11) is -1.65. The second-order valence-corrected chi connectivity index (χ2v) is 6.56. The van der Waals surface area contributed by atoms with Crippen LogP contribution >= 0.6 is 11.6 Å². The Morgan fingerprint density at radius 1 is 1.24 bits per heavy atom. The zero-order chi connectivity index (χ0) is 17.8. The molecule has 2 aromatic rings. The Hall–Kier alpha value is -2.02. The van der Waals surface area contributed by atoms with Crippen LogP contribution < -0.4 is 10.1 Å². The fourth-order valence-electron chi connectivity index (χ4n) is 3.07. The second kappa shape index (κ2) is 7.91. The van der Waals surface area contributed by atoms with Gasteiger partial charge in [-0.25, -0.2) is 0 Å². The van der Waals surface area contributed by atoms with Crippen molar-refractivity contribution < 1.29 is 19.6 Å². The third kappa shape index (κ3) is 4.34. The lowest BCUT2D eigenvalue weighted by Gasteiger charge is -2.21. The molecule has 0 aromatic heterocycles. The Labute approximate surface area is 151 Å². The highest BCUT2D eigenvalue weighted by molar-refractivity contribution is 6.43. The summed E-state index contributed by atoms with van der Waals surface area (Å²) < 4.78 is 5.62. The molecule has 2 atom stereocenters. The van der Waals surface area contributed by atoms with Gasteiger partial charge in [-0.05, 0) is 18.1 Å². The Bertz CT molecular complexity index is 741. The summed E-state index contributed by atoms with van der Waals surface area (Å²) >= 11 is 6.12. The van der Waals surface area contributed by atoms with Crippen LogP contribution in [0.4, 0.5) is 0 Å². The molecule has 1 amide bonds. The van der Waals surface area contributed by atoms with E-state index in [1.165, 1.54) is 0 Å². The highest BCUT2D eigenvalue weighted by atomic mass is 35.5. The molecule has 1 aliphatic heterocycles. The first-order chi connectivity index (χ1) is 12.0. The van der Waals surface area contributed by atoms with Crippen molar-refractivity contribution in [3.8, 4) is 5.75 Å². The molecule has 3 N–H and O–H groups in total. The maximum absolute atomic E-state index is 12.2. The molecule has 0 aliphatic carbocycles. The monoisotopic (exact) mass is 359 g/mol. The molecule has 0 bridgehead atoms. The largest absolute Gasteiger partial charge is 0.491 e.